The number of H-pyrrole nitrogens is 1. The van der Waals surface area contributed by atoms with Crippen LogP contribution in [0.1, 0.15) is 62.4 Å². The van der Waals surface area contributed by atoms with Crippen LogP contribution >= 0.6 is 0 Å². The molecule has 4 atom stereocenters. The van der Waals surface area contributed by atoms with Crippen LogP contribution in [0.5, 0.6) is 5.75 Å². The Bertz CT molecular complexity index is 1780. The number of carbonyl (C=O) groups excluding carboxylic acids is 2. The van der Waals surface area contributed by atoms with Crippen LogP contribution < -0.4 is 15.8 Å². The van der Waals surface area contributed by atoms with Crippen molar-refractivity contribution in [2.24, 2.45) is 5.92 Å². The second-order valence-electron chi connectivity index (χ2n) is 12.0. The highest BCUT2D eigenvalue weighted by Gasteiger charge is 2.72. The average Bonchev–Trinajstić information content (AvgIpc) is 3.38. The summed E-state index contributed by atoms with van der Waals surface area (Å²) in [6, 6.07) is 11.6. The van der Waals surface area contributed by atoms with Gasteiger partial charge >= 0.3 is 0 Å². The molecule has 0 spiro atoms. The number of anilines is 1. The zero-order chi connectivity index (χ0) is 29.8. The first-order valence-corrected chi connectivity index (χ1v) is 15.5. The van der Waals surface area contributed by atoms with Crippen LogP contribution in [0, 0.1) is 12.8 Å². The zero-order valence-corrected chi connectivity index (χ0v) is 24.4. The molecule has 1 aromatic heterocycles. The monoisotopic (exact) mass is 591 g/mol. The minimum Gasteiger partial charge on any atom is -0.454 e. The van der Waals surface area contributed by atoms with Crippen molar-refractivity contribution in [1.29, 1.82) is 0 Å². The highest BCUT2D eigenvalue weighted by Crippen LogP contribution is 2.60. The van der Waals surface area contributed by atoms with Gasteiger partial charge in [-0.3, -0.25) is 9.59 Å². The molecule has 2 aromatic carbocycles. The second kappa shape index (κ2) is 8.90. The number of aliphatic hydroxyl groups is 1. The Morgan fingerprint density at radius 2 is 1.86 bits per heavy atom. The molecule has 1 amide bonds. The van der Waals surface area contributed by atoms with E-state index in [1.54, 1.807) is 31.2 Å². The predicted molar refractivity (Wildman–Crippen MR) is 154 cm³/mol. The van der Waals surface area contributed by atoms with Gasteiger partial charge in [0.15, 0.2) is 0 Å². The Hall–Kier alpha value is -3.71. The number of nitrogens with two attached hydrogens (primary N) is 1. The van der Waals surface area contributed by atoms with Crippen molar-refractivity contribution in [3.63, 3.8) is 0 Å². The van der Waals surface area contributed by atoms with Gasteiger partial charge in [-0.25, -0.2) is 8.42 Å². The van der Waals surface area contributed by atoms with E-state index >= 15 is 0 Å². The molecule has 220 valence electrons. The molecule has 3 heterocycles. The smallest absolute Gasteiger partial charge is 0.271 e. The molecular weight excluding hydrogens is 558 g/mol. The van der Waals surface area contributed by atoms with E-state index in [-0.39, 0.29) is 27.5 Å². The van der Waals surface area contributed by atoms with Crippen molar-refractivity contribution < 1.29 is 27.9 Å². The number of carbonyl (C=O) groups is 2. The van der Waals surface area contributed by atoms with Crippen LogP contribution in [0.25, 0.3) is 0 Å². The molecule has 2 aliphatic heterocycles. The van der Waals surface area contributed by atoms with E-state index in [1.165, 1.54) is 10.4 Å². The minimum absolute atomic E-state index is 0.0342. The van der Waals surface area contributed by atoms with Gasteiger partial charge < -0.3 is 30.8 Å². The molecule has 42 heavy (non-hydrogen) atoms. The normalized spacial score (nSPS) is 28.6. The first kappa shape index (κ1) is 27.1. The number of ether oxygens (including phenoxy) is 1. The standard InChI is InChI=1S/C30H33N5O6S/c1-16-13-19(16)18-7-8-20-23(15-18)41-30(38)21-5-4-6-22(31)25(21)27(36)29(20,30)33-28(37)26-17(2)14-24(32-26)42(39,40)35-11-9-34(3)10-12-35/h4-8,14-16,19,32,38H,9-13,31H2,1-3H3,(H,33,37)/t16-,19-,29?,30?/m1/s1. The Labute approximate surface area is 243 Å². The number of aryl methyl sites for hydroxylation is 1. The summed E-state index contributed by atoms with van der Waals surface area (Å²) in [5, 5.41) is 14.9. The number of nitrogens with one attached hydrogen (secondary N) is 2. The number of benzene rings is 2. The number of ketones is 1. The topological polar surface area (TPSA) is 158 Å². The number of piperazine rings is 1. The van der Waals surface area contributed by atoms with Gasteiger partial charge in [-0.15, -0.1) is 0 Å². The van der Waals surface area contributed by atoms with Gasteiger partial charge in [0.25, 0.3) is 21.7 Å². The summed E-state index contributed by atoms with van der Waals surface area (Å²) in [6.07, 6.45) is 1.04. The maximum atomic E-state index is 14.3. The Morgan fingerprint density at radius 3 is 2.55 bits per heavy atom. The van der Waals surface area contributed by atoms with E-state index < -0.39 is 33.0 Å². The molecule has 0 bridgehead atoms. The molecule has 4 aliphatic rings. The molecule has 11 nitrogen and oxygen atoms in total. The number of amides is 1. The van der Waals surface area contributed by atoms with Crippen LogP contribution in [-0.4, -0.2) is 72.6 Å². The largest absolute Gasteiger partial charge is 0.454 e. The summed E-state index contributed by atoms with van der Waals surface area (Å²) >= 11 is 0. The van der Waals surface area contributed by atoms with Crippen LogP contribution in [0.4, 0.5) is 5.69 Å². The number of rotatable bonds is 5. The van der Waals surface area contributed by atoms with Crippen LogP contribution in [0.3, 0.4) is 0 Å². The summed E-state index contributed by atoms with van der Waals surface area (Å²) in [7, 11) is -1.96. The van der Waals surface area contributed by atoms with Crippen molar-refractivity contribution in [3.8, 4) is 5.75 Å². The molecule has 0 radical (unpaired) electrons. The van der Waals surface area contributed by atoms with Gasteiger partial charge in [-0.1, -0.05) is 31.2 Å². The lowest BCUT2D eigenvalue weighted by Crippen LogP contribution is -2.60. The number of hydrogen-bond donors (Lipinski definition) is 4. The predicted octanol–water partition coefficient (Wildman–Crippen LogP) is 2.02. The van der Waals surface area contributed by atoms with E-state index in [1.807, 2.05) is 24.1 Å². The minimum atomic E-state index is -3.89. The van der Waals surface area contributed by atoms with Crippen molar-refractivity contribution >= 4 is 27.4 Å². The van der Waals surface area contributed by atoms with Gasteiger partial charge in [-0.2, -0.15) is 4.31 Å². The van der Waals surface area contributed by atoms with Gasteiger partial charge in [-0.05, 0) is 61.6 Å². The number of likely N-dealkylation sites (N-methyl/N-ethyl adjacent to an activating group) is 1. The molecule has 2 fully saturated rings. The van der Waals surface area contributed by atoms with Gasteiger partial charge in [0, 0.05) is 43.0 Å². The summed E-state index contributed by atoms with van der Waals surface area (Å²) in [5.41, 5.74) is 6.24. The van der Waals surface area contributed by atoms with Crippen molar-refractivity contribution in [2.45, 2.75) is 42.5 Å². The quantitative estimate of drug-likeness (QED) is 0.328. The highest BCUT2D eigenvalue weighted by atomic mass is 32.2. The Kier molecular flexibility index (Phi) is 5.75. The lowest BCUT2D eigenvalue weighted by molar-refractivity contribution is -0.169. The fraction of sp³-hybridized carbons (Fsp3) is 0.400. The van der Waals surface area contributed by atoms with Crippen molar-refractivity contribution in [1.82, 2.24) is 19.5 Å². The lowest BCUT2D eigenvalue weighted by atomic mass is 9.82. The Balaban J connectivity index is 1.30. The third-order valence-corrected chi connectivity index (χ3v) is 11.2. The van der Waals surface area contributed by atoms with E-state index in [2.05, 4.69) is 17.2 Å². The molecule has 7 rings (SSSR count). The molecule has 12 heteroatoms. The van der Waals surface area contributed by atoms with E-state index in [0.29, 0.717) is 54.9 Å². The number of nitrogen functional groups attached to an aromatic ring is 1. The lowest BCUT2D eigenvalue weighted by Gasteiger charge is -2.34. The van der Waals surface area contributed by atoms with Gasteiger partial charge in [0.05, 0.1) is 5.56 Å². The molecule has 1 saturated heterocycles. The third-order valence-electron chi connectivity index (χ3n) is 9.34. The number of sulfonamides is 1. The molecule has 2 aliphatic carbocycles. The first-order chi connectivity index (χ1) is 19.9. The molecular formula is C30H33N5O6S. The van der Waals surface area contributed by atoms with Gasteiger partial charge in [0.1, 0.15) is 16.5 Å². The fourth-order valence-electron chi connectivity index (χ4n) is 6.71. The fourth-order valence-corrected chi connectivity index (χ4v) is 8.18. The summed E-state index contributed by atoms with van der Waals surface area (Å²) < 4.78 is 34.4. The van der Waals surface area contributed by atoms with E-state index in [9.17, 15) is 23.1 Å². The maximum Gasteiger partial charge on any atom is 0.271 e. The number of Topliss-reactive ketones (excluding diaryl/α,β-unsaturated/α-hetero) is 1. The SMILES string of the molecule is Cc1cc(S(=O)(=O)N2CCN(C)CC2)[nH]c1C(=O)NC12C(=O)c3c(N)cccc3C1(O)Oc1cc([C@@H]3C[C@H]3C)ccc12. The first-order valence-electron chi connectivity index (χ1n) is 14.1. The second-order valence-corrected chi connectivity index (χ2v) is 13.9. The molecule has 1 saturated carbocycles. The number of aromatic nitrogens is 1. The van der Waals surface area contributed by atoms with Gasteiger partial charge in [0.2, 0.25) is 11.3 Å². The van der Waals surface area contributed by atoms with Crippen molar-refractivity contribution in [3.05, 3.63) is 76.0 Å². The van der Waals surface area contributed by atoms with E-state index in [0.717, 1.165) is 12.0 Å². The van der Waals surface area contributed by atoms with Crippen molar-refractivity contribution in [2.75, 3.05) is 39.0 Å². The van der Waals surface area contributed by atoms with Crippen LogP contribution in [0.2, 0.25) is 0 Å². The zero-order valence-electron chi connectivity index (χ0n) is 23.6. The summed E-state index contributed by atoms with van der Waals surface area (Å²) in [6.45, 7) is 5.63. The van der Waals surface area contributed by atoms with E-state index in [4.69, 9.17) is 10.5 Å². The van der Waals surface area contributed by atoms with Crippen LogP contribution in [-0.2, 0) is 21.3 Å². The highest BCUT2D eigenvalue weighted by molar-refractivity contribution is 7.89. The summed E-state index contributed by atoms with van der Waals surface area (Å²) in [5.74, 6) is -2.45. The number of nitrogens with zero attached hydrogens (tertiary/aromatic N) is 2. The number of fused-ring (bicyclic) bond motifs is 5. The number of hydrogen-bond acceptors (Lipinski definition) is 8. The molecule has 3 aromatic rings. The third kappa shape index (κ3) is 3.58. The molecule has 5 N–H and O–H groups in total. The maximum absolute atomic E-state index is 14.3. The average molecular weight is 592 g/mol. The molecule has 2 unspecified atom stereocenters. The summed E-state index contributed by atoms with van der Waals surface area (Å²) in [4.78, 5) is 33.1. The Morgan fingerprint density at radius 1 is 1.14 bits per heavy atom. The number of aromatic amines is 1. The van der Waals surface area contributed by atoms with Crippen LogP contribution in [0.15, 0.2) is 47.5 Å².